The molecule has 8 rings (SSSR count). The van der Waals surface area contributed by atoms with Crippen molar-refractivity contribution in [2.45, 2.75) is 22.6 Å². The summed E-state index contributed by atoms with van der Waals surface area (Å²) in [6.07, 6.45) is 0.789. The fourth-order valence-corrected chi connectivity index (χ4v) is 11.2. The molecule has 44 heavy (non-hydrogen) atoms. The maximum atomic E-state index is 14.0. The van der Waals surface area contributed by atoms with Crippen molar-refractivity contribution in [1.82, 2.24) is 4.98 Å². The first kappa shape index (κ1) is 27.8. The molecule has 7 atom stereocenters. The molecule has 1 saturated heterocycles. The van der Waals surface area contributed by atoms with E-state index in [0.717, 1.165) is 26.4 Å². The minimum Gasteiger partial charge on any atom is -0.483 e. The predicted molar refractivity (Wildman–Crippen MR) is 172 cm³/mol. The summed E-state index contributed by atoms with van der Waals surface area (Å²) in [7, 11) is 0. The lowest BCUT2D eigenvalue weighted by Gasteiger charge is -2.43. The van der Waals surface area contributed by atoms with E-state index in [4.69, 9.17) is 4.74 Å². The van der Waals surface area contributed by atoms with E-state index in [1.807, 2.05) is 78.9 Å². The lowest BCUT2D eigenvalue weighted by Crippen LogP contribution is -2.42. The number of thioether (sulfide) groups is 1. The fraction of sp³-hybridized carbons (Fsp3) is 0.273. The average Bonchev–Trinajstić information content (AvgIpc) is 3.76. The van der Waals surface area contributed by atoms with Crippen molar-refractivity contribution in [3.8, 4) is 5.75 Å². The van der Waals surface area contributed by atoms with Crippen molar-refractivity contribution in [3.63, 3.8) is 0 Å². The highest BCUT2D eigenvalue weighted by molar-refractivity contribution is 9.10. The van der Waals surface area contributed by atoms with Gasteiger partial charge >= 0.3 is 4.87 Å². The minimum absolute atomic E-state index is 0.00692. The van der Waals surface area contributed by atoms with E-state index in [-0.39, 0.29) is 64.0 Å². The molecule has 2 bridgehead atoms. The minimum atomic E-state index is -0.401. The highest BCUT2D eigenvalue weighted by Crippen LogP contribution is 2.69. The van der Waals surface area contributed by atoms with Gasteiger partial charge in [-0.1, -0.05) is 63.7 Å². The van der Waals surface area contributed by atoms with Gasteiger partial charge in [-0.05, 0) is 66.6 Å². The topological polar surface area (TPSA) is 109 Å². The Hall–Kier alpha value is -3.67. The molecule has 0 radical (unpaired) electrons. The molecule has 3 fully saturated rings. The summed E-state index contributed by atoms with van der Waals surface area (Å²) in [6.45, 7) is -0.189. The molecule has 2 N–H and O–H groups in total. The van der Waals surface area contributed by atoms with E-state index >= 15 is 0 Å². The van der Waals surface area contributed by atoms with Crippen LogP contribution in [-0.2, 0) is 14.4 Å². The molecule has 2 aliphatic carbocycles. The van der Waals surface area contributed by atoms with Crippen LogP contribution < -0.4 is 19.8 Å². The Kier molecular flexibility index (Phi) is 6.80. The second-order valence-corrected chi connectivity index (χ2v) is 14.8. The van der Waals surface area contributed by atoms with Crippen LogP contribution >= 0.6 is 39.0 Å². The molecule has 2 aliphatic heterocycles. The molecule has 4 aliphatic rings. The number of H-pyrrole nitrogens is 1. The van der Waals surface area contributed by atoms with Crippen molar-refractivity contribution in [2.75, 3.05) is 16.8 Å². The summed E-state index contributed by atoms with van der Waals surface area (Å²) in [5, 5.41) is 3.72. The Morgan fingerprint density at radius 3 is 2.41 bits per heavy atom. The van der Waals surface area contributed by atoms with Crippen LogP contribution in [0.3, 0.4) is 0 Å². The molecular weight excluding hydrogens is 662 g/mol. The van der Waals surface area contributed by atoms with Gasteiger partial charge in [-0.3, -0.25) is 24.1 Å². The zero-order valence-electron chi connectivity index (χ0n) is 23.1. The standard InChI is InChI=1S/C33H26BrN3O5S2/c34-16-11-12-22(42-15-23(38)35-17-7-3-1-4-8-17)19(13-16)24-25-20-14-21(28(25)43-30-29(24)44-33(41)36-30)27-26(20)31(39)37(32(27)40)18-9-5-2-6-10-18/h1-13,20-21,24-28H,14-15H2,(H,35,38)(H,36,41)/t20?,21?,24-,25?,26?,27?,28?/m1/s1. The second-order valence-electron chi connectivity index (χ2n) is 11.7. The smallest absolute Gasteiger partial charge is 0.305 e. The van der Waals surface area contributed by atoms with Gasteiger partial charge in [0.15, 0.2) is 6.61 Å². The zero-order valence-corrected chi connectivity index (χ0v) is 26.4. The Morgan fingerprint density at radius 2 is 1.66 bits per heavy atom. The van der Waals surface area contributed by atoms with Gasteiger partial charge in [-0.15, -0.1) is 11.8 Å². The Morgan fingerprint density at radius 1 is 0.955 bits per heavy atom. The van der Waals surface area contributed by atoms with Crippen LogP contribution in [0, 0.1) is 29.6 Å². The van der Waals surface area contributed by atoms with Crippen LogP contribution in [0.2, 0.25) is 0 Å². The SMILES string of the molecule is O=C(COc1ccc(Br)cc1[C@H]1c2sc(=O)[nH]c2SC2C3CC(C4C(=O)N(c5ccccc5)C(=O)C34)C21)Nc1ccccc1. The number of aromatic nitrogens is 1. The molecule has 1 aromatic heterocycles. The first-order valence-corrected chi connectivity index (χ1v) is 17.0. The number of nitrogens with one attached hydrogen (secondary N) is 2. The number of para-hydroxylation sites is 2. The highest BCUT2D eigenvalue weighted by Gasteiger charge is 2.69. The number of benzene rings is 3. The maximum absolute atomic E-state index is 14.0. The first-order valence-electron chi connectivity index (χ1n) is 14.5. The summed E-state index contributed by atoms with van der Waals surface area (Å²) in [5.41, 5.74) is 2.16. The Labute approximate surface area is 269 Å². The molecular formula is C33H26BrN3O5S2. The molecule has 6 unspecified atom stereocenters. The highest BCUT2D eigenvalue weighted by atomic mass is 79.9. The average molecular weight is 689 g/mol. The molecule has 3 heterocycles. The molecule has 3 amide bonds. The van der Waals surface area contributed by atoms with Gasteiger partial charge in [-0.2, -0.15) is 0 Å². The number of fused-ring (bicyclic) bond motifs is 9. The summed E-state index contributed by atoms with van der Waals surface area (Å²) in [4.78, 5) is 58.5. The number of thiazole rings is 1. The van der Waals surface area contributed by atoms with Crippen LogP contribution in [0.4, 0.5) is 11.4 Å². The van der Waals surface area contributed by atoms with Gasteiger partial charge in [-0.25, -0.2) is 0 Å². The third kappa shape index (κ3) is 4.39. The number of amides is 3. The van der Waals surface area contributed by atoms with Crippen molar-refractivity contribution < 1.29 is 19.1 Å². The number of nitrogens with zero attached hydrogens (tertiary/aromatic N) is 1. The third-order valence-corrected chi connectivity index (χ3v) is 12.5. The maximum Gasteiger partial charge on any atom is 0.305 e. The van der Waals surface area contributed by atoms with E-state index in [0.29, 0.717) is 17.1 Å². The summed E-state index contributed by atoms with van der Waals surface area (Å²) >= 11 is 6.47. The fourth-order valence-electron chi connectivity index (χ4n) is 7.95. The van der Waals surface area contributed by atoms with Gasteiger partial charge in [0.2, 0.25) is 11.8 Å². The number of anilines is 2. The molecule has 8 nitrogen and oxygen atoms in total. The van der Waals surface area contributed by atoms with Crippen LogP contribution in [0.1, 0.15) is 22.8 Å². The number of carbonyl (C=O) groups is 3. The van der Waals surface area contributed by atoms with E-state index in [1.165, 1.54) is 16.2 Å². The van der Waals surface area contributed by atoms with Crippen molar-refractivity contribution in [3.05, 3.63) is 103 Å². The van der Waals surface area contributed by atoms with E-state index in [9.17, 15) is 19.2 Å². The van der Waals surface area contributed by atoms with Gasteiger partial charge in [0, 0.05) is 31.8 Å². The molecule has 4 aromatic rings. The number of carbonyl (C=O) groups excluding carboxylic acids is 3. The van der Waals surface area contributed by atoms with Gasteiger partial charge < -0.3 is 15.0 Å². The lowest BCUT2D eigenvalue weighted by atomic mass is 9.68. The largest absolute Gasteiger partial charge is 0.483 e. The summed E-state index contributed by atoms with van der Waals surface area (Å²) < 4.78 is 7.02. The number of aromatic amines is 1. The number of ether oxygens (including phenoxy) is 1. The molecule has 2 saturated carbocycles. The number of halogens is 1. The zero-order chi connectivity index (χ0) is 30.1. The van der Waals surface area contributed by atoms with Crippen molar-refractivity contribution >= 4 is 68.1 Å². The summed E-state index contributed by atoms with van der Waals surface area (Å²) in [5.74, 6) is -0.995. The van der Waals surface area contributed by atoms with E-state index in [2.05, 4.69) is 26.2 Å². The monoisotopic (exact) mass is 687 g/mol. The normalized spacial score (nSPS) is 28.0. The van der Waals surface area contributed by atoms with Gasteiger partial charge in [0.25, 0.3) is 5.91 Å². The number of hydrogen-bond acceptors (Lipinski definition) is 7. The van der Waals surface area contributed by atoms with Crippen LogP contribution in [-0.4, -0.2) is 34.6 Å². The Balaban J connectivity index is 1.16. The van der Waals surface area contributed by atoms with Crippen LogP contribution in [0.25, 0.3) is 0 Å². The number of rotatable bonds is 6. The third-order valence-electron chi connectivity index (χ3n) is 9.46. The molecule has 0 spiro atoms. The number of hydrogen-bond donors (Lipinski definition) is 2. The number of imide groups is 1. The predicted octanol–water partition coefficient (Wildman–Crippen LogP) is 5.89. The van der Waals surface area contributed by atoms with Crippen molar-refractivity contribution in [2.24, 2.45) is 29.6 Å². The van der Waals surface area contributed by atoms with E-state index < -0.39 is 5.92 Å². The van der Waals surface area contributed by atoms with Gasteiger partial charge in [0.1, 0.15) is 5.75 Å². The lowest BCUT2D eigenvalue weighted by molar-refractivity contribution is -0.123. The molecule has 222 valence electrons. The van der Waals surface area contributed by atoms with Crippen LogP contribution in [0.15, 0.2) is 93.2 Å². The van der Waals surface area contributed by atoms with Gasteiger partial charge in [0.05, 0.1) is 22.5 Å². The Bertz CT molecular complexity index is 1860. The van der Waals surface area contributed by atoms with E-state index in [1.54, 1.807) is 11.8 Å². The first-order chi connectivity index (χ1) is 21.4. The second kappa shape index (κ2) is 10.7. The quantitative estimate of drug-likeness (QED) is 0.245. The molecule has 3 aromatic carbocycles. The van der Waals surface area contributed by atoms with Crippen molar-refractivity contribution in [1.29, 1.82) is 0 Å². The van der Waals surface area contributed by atoms with Crippen LogP contribution in [0.5, 0.6) is 5.75 Å². The molecule has 11 heteroatoms. The summed E-state index contributed by atoms with van der Waals surface area (Å²) in [6, 6.07) is 24.1.